The van der Waals surface area contributed by atoms with Gasteiger partial charge in [0.2, 0.25) is 0 Å². The van der Waals surface area contributed by atoms with Crippen molar-refractivity contribution < 1.29 is 0 Å². The summed E-state index contributed by atoms with van der Waals surface area (Å²) in [6, 6.07) is 30.6. The second kappa shape index (κ2) is 6.50. The molecule has 3 aromatic carbocycles. The lowest BCUT2D eigenvalue weighted by molar-refractivity contribution is 0.873. The number of fused-ring (bicyclic) bond motifs is 1. The van der Waals surface area contributed by atoms with Crippen molar-refractivity contribution in [3.05, 3.63) is 91.0 Å². The Hall–Kier alpha value is -3.79. The first kappa shape index (κ1) is 15.5. The minimum absolute atomic E-state index is 0.781. The maximum atomic E-state index is 5.00. The molecule has 2 aliphatic heterocycles. The standard InChI is InChI=1S/C23H16N4/c1-4-10-16(11-5-1)19-20(17-12-6-2-7-13-17)24-23-21(25-27-26-22(19)23)18-14-8-3-9-15-18/h1-15H,(H,25,26). The van der Waals surface area contributed by atoms with E-state index in [0.29, 0.717) is 0 Å². The van der Waals surface area contributed by atoms with Crippen LogP contribution in [0.15, 0.2) is 91.0 Å². The van der Waals surface area contributed by atoms with Gasteiger partial charge in [-0.05, 0) is 5.56 Å². The first-order valence-corrected chi connectivity index (χ1v) is 8.83. The molecule has 2 aliphatic rings. The van der Waals surface area contributed by atoms with E-state index in [1.54, 1.807) is 0 Å². The highest BCUT2D eigenvalue weighted by Gasteiger charge is 2.25. The van der Waals surface area contributed by atoms with E-state index >= 15 is 0 Å². The van der Waals surface area contributed by atoms with Crippen molar-refractivity contribution in [1.82, 2.24) is 20.4 Å². The summed E-state index contributed by atoms with van der Waals surface area (Å²) in [5.41, 5.74) is 7.65. The Morgan fingerprint density at radius 1 is 0.519 bits per heavy atom. The molecule has 0 saturated heterocycles. The number of aromatic nitrogens is 4. The van der Waals surface area contributed by atoms with E-state index in [-0.39, 0.29) is 0 Å². The van der Waals surface area contributed by atoms with Crippen molar-refractivity contribution in [1.29, 1.82) is 0 Å². The van der Waals surface area contributed by atoms with Gasteiger partial charge in [0.15, 0.2) is 0 Å². The van der Waals surface area contributed by atoms with Gasteiger partial charge in [-0.2, -0.15) is 0 Å². The van der Waals surface area contributed by atoms with Crippen molar-refractivity contribution in [3.63, 3.8) is 0 Å². The van der Waals surface area contributed by atoms with E-state index in [9.17, 15) is 0 Å². The fourth-order valence-electron chi connectivity index (χ4n) is 3.39. The highest BCUT2D eigenvalue weighted by molar-refractivity contribution is 5.96. The zero-order chi connectivity index (χ0) is 18.1. The lowest BCUT2D eigenvalue weighted by Gasteiger charge is -2.07. The molecule has 0 bridgehead atoms. The lowest BCUT2D eigenvalue weighted by atomic mass is 9.98. The van der Waals surface area contributed by atoms with Gasteiger partial charge < -0.3 is 0 Å². The van der Waals surface area contributed by atoms with Gasteiger partial charge in [0.25, 0.3) is 0 Å². The molecule has 0 spiro atoms. The van der Waals surface area contributed by atoms with Gasteiger partial charge >= 0.3 is 0 Å². The average molecular weight is 348 g/mol. The number of aromatic amines is 1. The van der Waals surface area contributed by atoms with E-state index in [1.807, 2.05) is 66.7 Å². The Labute approximate surface area is 156 Å². The Balaban J connectivity index is 1.82. The van der Waals surface area contributed by atoms with E-state index < -0.39 is 0 Å². The van der Waals surface area contributed by atoms with Crippen LogP contribution in [0, 0.1) is 0 Å². The summed E-state index contributed by atoms with van der Waals surface area (Å²) in [5.74, 6) is 0. The van der Waals surface area contributed by atoms with Crippen molar-refractivity contribution in [2.75, 3.05) is 0 Å². The number of hydrogen-bond acceptors (Lipinski definition) is 3. The summed E-state index contributed by atoms with van der Waals surface area (Å²) in [5, 5.41) is 11.6. The molecule has 0 unspecified atom stereocenters. The smallest absolute Gasteiger partial charge is 0.122 e. The van der Waals surface area contributed by atoms with Gasteiger partial charge in [-0.25, -0.2) is 4.98 Å². The van der Waals surface area contributed by atoms with Crippen LogP contribution in [0.3, 0.4) is 0 Å². The predicted octanol–water partition coefficient (Wildman–Crippen LogP) is 5.31. The summed E-state index contributed by atoms with van der Waals surface area (Å²) in [7, 11) is 0. The molecule has 5 rings (SSSR count). The molecule has 0 amide bonds. The molecule has 128 valence electrons. The van der Waals surface area contributed by atoms with Crippen molar-refractivity contribution >= 4 is 0 Å². The van der Waals surface area contributed by atoms with Gasteiger partial charge in [-0.15, -0.1) is 5.10 Å². The van der Waals surface area contributed by atoms with E-state index in [1.165, 1.54) is 0 Å². The Kier molecular flexibility index (Phi) is 3.72. The van der Waals surface area contributed by atoms with Crippen LogP contribution in [0.2, 0.25) is 0 Å². The second-order valence-corrected chi connectivity index (χ2v) is 6.32. The molecule has 0 saturated carbocycles. The Morgan fingerprint density at radius 2 is 1.04 bits per heavy atom. The maximum absolute atomic E-state index is 5.00. The summed E-state index contributed by atoms with van der Waals surface area (Å²) in [6.45, 7) is 0. The lowest BCUT2D eigenvalue weighted by Crippen LogP contribution is -1.97. The van der Waals surface area contributed by atoms with Crippen LogP contribution in [-0.2, 0) is 0 Å². The normalized spacial score (nSPS) is 11.0. The fourth-order valence-corrected chi connectivity index (χ4v) is 3.39. The van der Waals surface area contributed by atoms with Crippen LogP contribution < -0.4 is 0 Å². The molecule has 0 aromatic heterocycles. The van der Waals surface area contributed by atoms with Gasteiger partial charge in [0.05, 0.1) is 11.4 Å². The summed E-state index contributed by atoms with van der Waals surface area (Å²) in [4.78, 5) is 5.00. The zero-order valence-electron chi connectivity index (χ0n) is 14.5. The van der Waals surface area contributed by atoms with Gasteiger partial charge in [-0.1, -0.05) is 96.2 Å². The molecule has 1 N–H and O–H groups in total. The topological polar surface area (TPSA) is 54.5 Å². The molecular formula is C23H16N4. The SMILES string of the molecule is c1ccc(-c2nn[nH]c3c(-c4ccccc4)c(-c4ccccc4)nc2-3)cc1. The van der Waals surface area contributed by atoms with Crippen LogP contribution >= 0.6 is 0 Å². The molecule has 4 nitrogen and oxygen atoms in total. The van der Waals surface area contributed by atoms with Crippen LogP contribution in [0.4, 0.5) is 0 Å². The monoisotopic (exact) mass is 348 g/mol. The molecule has 0 atom stereocenters. The second-order valence-electron chi connectivity index (χ2n) is 6.32. The van der Waals surface area contributed by atoms with Crippen LogP contribution in [0.5, 0.6) is 0 Å². The number of H-pyrrole nitrogens is 1. The first-order valence-electron chi connectivity index (χ1n) is 8.83. The molecule has 27 heavy (non-hydrogen) atoms. The maximum Gasteiger partial charge on any atom is 0.122 e. The minimum Gasteiger partial charge on any atom is -0.257 e. The highest BCUT2D eigenvalue weighted by Crippen LogP contribution is 2.42. The molecule has 4 heteroatoms. The number of rotatable bonds is 3. The van der Waals surface area contributed by atoms with Gasteiger partial charge in [0.1, 0.15) is 11.4 Å². The minimum atomic E-state index is 0.781. The fraction of sp³-hybridized carbons (Fsp3) is 0. The molecule has 2 heterocycles. The predicted molar refractivity (Wildman–Crippen MR) is 107 cm³/mol. The van der Waals surface area contributed by atoms with Crippen LogP contribution in [-0.4, -0.2) is 20.4 Å². The summed E-state index contributed by atoms with van der Waals surface area (Å²) in [6.07, 6.45) is 0. The number of nitrogens with zero attached hydrogens (tertiary/aromatic N) is 3. The highest BCUT2D eigenvalue weighted by atomic mass is 15.3. The molecular weight excluding hydrogens is 332 g/mol. The summed E-state index contributed by atoms with van der Waals surface area (Å²) >= 11 is 0. The molecule has 3 aromatic rings. The first-order chi connectivity index (χ1) is 13.4. The van der Waals surface area contributed by atoms with E-state index in [2.05, 4.69) is 39.7 Å². The van der Waals surface area contributed by atoms with Gasteiger partial charge in [0, 0.05) is 16.7 Å². The third kappa shape index (κ3) is 2.68. The summed E-state index contributed by atoms with van der Waals surface area (Å²) < 4.78 is 0. The quantitative estimate of drug-likeness (QED) is 0.481. The van der Waals surface area contributed by atoms with Crippen LogP contribution in [0.1, 0.15) is 0 Å². The van der Waals surface area contributed by atoms with Crippen molar-refractivity contribution in [2.45, 2.75) is 0 Å². The third-order valence-corrected chi connectivity index (χ3v) is 4.64. The van der Waals surface area contributed by atoms with Gasteiger partial charge in [-0.3, -0.25) is 5.10 Å². The molecule has 0 fully saturated rings. The third-order valence-electron chi connectivity index (χ3n) is 4.64. The van der Waals surface area contributed by atoms with E-state index in [0.717, 1.165) is 45.0 Å². The number of nitrogens with one attached hydrogen (secondary N) is 1. The van der Waals surface area contributed by atoms with Crippen molar-refractivity contribution in [3.8, 4) is 45.0 Å². The van der Waals surface area contributed by atoms with E-state index in [4.69, 9.17) is 4.98 Å². The number of hydrogen-bond donors (Lipinski definition) is 1. The van der Waals surface area contributed by atoms with Crippen LogP contribution in [0.25, 0.3) is 45.0 Å². The average Bonchev–Trinajstić information content (AvgIpc) is 3.15. The Bertz CT molecular complexity index is 1150. The number of benzene rings is 3. The Morgan fingerprint density at radius 3 is 1.63 bits per heavy atom. The van der Waals surface area contributed by atoms with Crippen molar-refractivity contribution in [2.24, 2.45) is 0 Å². The largest absolute Gasteiger partial charge is 0.257 e. The molecule has 0 radical (unpaired) electrons. The molecule has 0 aliphatic carbocycles. The zero-order valence-corrected chi connectivity index (χ0v) is 14.5.